The highest BCUT2D eigenvalue weighted by Crippen LogP contribution is 2.21. The van der Waals surface area contributed by atoms with E-state index in [0.717, 1.165) is 0 Å². The lowest BCUT2D eigenvalue weighted by molar-refractivity contribution is 0.228. The molecule has 0 atom stereocenters. The number of rotatable bonds is 5. The van der Waals surface area contributed by atoms with E-state index in [1.54, 1.807) is 12.1 Å². The highest BCUT2D eigenvalue weighted by molar-refractivity contribution is 5.49. The molecule has 1 aromatic rings. The third-order valence-electron chi connectivity index (χ3n) is 1.61. The molecule has 0 aliphatic carbocycles. The molecular formula is C9H14N2O3. The summed E-state index contributed by atoms with van der Waals surface area (Å²) in [7, 11) is 1.50. The van der Waals surface area contributed by atoms with Crippen LogP contribution in [0.4, 0.5) is 5.69 Å². The Morgan fingerprint density at radius 2 is 2.29 bits per heavy atom. The van der Waals surface area contributed by atoms with Crippen LogP contribution in [0.1, 0.15) is 6.42 Å². The Morgan fingerprint density at radius 1 is 1.50 bits per heavy atom. The predicted octanol–water partition coefficient (Wildman–Crippen LogP) is 0.434. The molecule has 0 aliphatic rings. The van der Waals surface area contributed by atoms with E-state index in [2.05, 4.69) is 4.98 Å². The third kappa shape index (κ3) is 2.77. The first-order valence-electron chi connectivity index (χ1n) is 4.32. The van der Waals surface area contributed by atoms with Gasteiger partial charge in [0.15, 0.2) is 0 Å². The van der Waals surface area contributed by atoms with E-state index < -0.39 is 0 Å². The number of nitrogens with two attached hydrogens (primary N) is 1. The minimum atomic E-state index is 0.103. The van der Waals surface area contributed by atoms with Gasteiger partial charge in [0.1, 0.15) is 0 Å². The second kappa shape index (κ2) is 5.29. The first-order chi connectivity index (χ1) is 6.77. The maximum atomic E-state index is 8.54. The standard InChI is InChI=1S/C9H14N2O3/c1-13-9-7(10)3-4-8(11-9)14-6-2-5-12/h3-4,12H,2,5-6,10H2,1H3. The van der Waals surface area contributed by atoms with Crippen molar-refractivity contribution in [3.63, 3.8) is 0 Å². The van der Waals surface area contributed by atoms with Gasteiger partial charge in [0.05, 0.1) is 19.4 Å². The van der Waals surface area contributed by atoms with Crippen LogP contribution in [-0.2, 0) is 0 Å². The maximum Gasteiger partial charge on any atom is 0.240 e. The van der Waals surface area contributed by atoms with Crippen molar-refractivity contribution in [3.05, 3.63) is 12.1 Å². The topological polar surface area (TPSA) is 77.6 Å². The highest BCUT2D eigenvalue weighted by Gasteiger charge is 2.02. The van der Waals surface area contributed by atoms with Crippen LogP contribution in [0.15, 0.2) is 12.1 Å². The van der Waals surface area contributed by atoms with Crippen molar-refractivity contribution >= 4 is 5.69 Å². The van der Waals surface area contributed by atoms with Gasteiger partial charge in [0, 0.05) is 19.1 Å². The van der Waals surface area contributed by atoms with Crippen LogP contribution in [-0.4, -0.2) is 30.4 Å². The molecule has 0 spiro atoms. The van der Waals surface area contributed by atoms with E-state index in [9.17, 15) is 0 Å². The van der Waals surface area contributed by atoms with Crippen LogP contribution in [0.5, 0.6) is 11.8 Å². The van der Waals surface area contributed by atoms with Crippen LogP contribution >= 0.6 is 0 Å². The van der Waals surface area contributed by atoms with Gasteiger partial charge in [-0.2, -0.15) is 4.98 Å². The molecule has 0 bridgehead atoms. The summed E-state index contributed by atoms with van der Waals surface area (Å²) >= 11 is 0. The molecule has 5 heteroatoms. The number of nitrogens with zero attached hydrogens (tertiary/aromatic N) is 1. The first kappa shape index (κ1) is 10.6. The Bertz CT molecular complexity index is 291. The molecule has 0 aromatic carbocycles. The number of ether oxygens (including phenoxy) is 2. The Labute approximate surface area is 82.5 Å². The van der Waals surface area contributed by atoms with Crippen LogP contribution in [0.2, 0.25) is 0 Å². The SMILES string of the molecule is COc1nc(OCCCO)ccc1N. The Morgan fingerprint density at radius 3 is 2.93 bits per heavy atom. The van der Waals surface area contributed by atoms with Crippen LogP contribution in [0, 0.1) is 0 Å². The van der Waals surface area contributed by atoms with Gasteiger partial charge in [-0.15, -0.1) is 0 Å². The van der Waals surface area contributed by atoms with Crippen LogP contribution in [0.3, 0.4) is 0 Å². The third-order valence-corrected chi connectivity index (χ3v) is 1.61. The van der Waals surface area contributed by atoms with Crippen molar-refractivity contribution in [2.45, 2.75) is 6.42 Å². The van der Waals surface area contributed by atoms with E-state index in [1.165, 1.54) is 7.11 Å². The molecule has 14 heavy (non-hydrogen) atoms. The van der Waals surface area contributed by atoms with Gasteiger partial charge in [-0.05, 0) is 6.07 Å². The van der Waals surface area contributed by atoms with Gasteiger partial charge >= 0.3 is 0 Å². The second-order valence-electron chi connectivity index (χ2n) is 2.67. The molecule has 1 aromatic heterocycles. The molecule has 0 aliphatic heterocycles. The Hall–Kier alpha value is -1.49. The van der Waals surface area contributed by atoms with Gasteiger partial charge < -0.3 is 20.3 Å². The number of anilines is 1. The summed E-state index contributed by atoms with van der Waals surface area (Å²) in [5.74, 6) is 0.802. The van der Waals surface area contributed by atoms with Crippen molar-refractivity contribution in [1.82, 2.24) is 4.98 Å². The maximum absolute atomic E-state index is 8.54. The quantitative estimate of drug-likeness (QED) is 0.671. The minimum Gasteiger partial charge on any atom is -0.479 e. The lowest BCUT2D eigenvalue weighted by Gasteiger charge is -2.07. The molecule has 1 heterocycles. The number of hydrogen-bond donors (Lipinski definition) is 2. The Kier molecular flexibility index (Phi) is 4.00. The van der Waals surface area contributed by atoms with Gasteiger partial charge in [0.2, 0.25) is 11.8 Å². The summed E-state index contributed by atoms with van der Waals surface area (Å²) in [4.78, 5) is 4.01. The molecule has 0 unspecified atom stereocenters. The number of aliphatic hydroxyl groups excluding tert-OH is 1. The molecule has 0 radical (unpaired) electrons. The lowest BCUT2D eigenvalue weighted by atomic mass is 10.4. The number of hydrogen-bond acceptors (Lipinski definition) is 5. The van der Waals surface area contributed by atoms with Crippen LogP contribution in [0.25, 0.3) is 0 Å². The lowest BCUT2D eigenvalue weighted by Crippen LogP contribution is -2.03. The highest BCUT2D eigenvalue weighted by atomic mass is 16.5. The molecular weight excluding hydrogens is 184 g/mol. The fourth-order valence-electron chi connectivity index (χ4n) is 0.919. The van der Waals surface area contributed by atoms with E-state index in [1.807, 2.05) is 0 Å². The summed E-state index contributed by atoms with van der Waals surface area (Å²) in [6.07, 6.45) is 0.578. The van der Waals surface area contributed by atoms with Crippen LogP contribution < -0.4 is 15.2 Å². The van der Waals surface area contributed by atoms with Gasteiger partial charge in [-0.3, -0.25) is 0 Å². The number of aromatic nitrogens is 1. The van der Waals surface area contributed by atoms with Crippen molar-refractivity contribution in [3.8, 4) is 11.8 Å². The summed E-state index contributed by atoms with van der Waals surface area (Å²) in [6, 6.07) is 3.33. The van der Waals surface area contributed by atoms with Crippen molar-refractivity contribution < 1.29 is 14.6 Å². The zero-order valence-corrected chi connectivity index (χ0v) is 8.06. The van der Waals surface area contributed by atoms with Gasteiger partial charge in [0.25, 0.3) is 0 Å². The molecule has 5 nitrogen and oxygen atoms in total. The summed E-state index contributed by atoms with van der Waals surface area (Å²) in [5.41, 5.74) is 6.05. The van der Waals surface area contributed by atoms with E-state index in [0.29, 0.717) is 30.5 Å². The summed E-state index contributed by atoms with van der Waals surface area (Å²) in [5, 5.41) is 8.54. The predicted molar refractivity (Wildman–Crippen MR) is 52.4 cm³/mol. The largest absolute Gasteiger partial charge is 0.479 e. The zero-order chi connectivity index (χ0) is 10.4. The minimum absolute atomic E-state index is 0.103. The number of methoxy groups -OCH3 is 1. The first-order valence-corrected chi connectivity index (χ1v) is 4.32. The molecule has 0 fully saturated rings. The number of nitrogen functional groups attached to an aromatic ring is 1. The van der Waals surface area contributed by atoms with Gasteiger partial charge in [-0.1, -0.05) is 0 Å². The fourth-order valence-corrected chi connectivity index (χ4v) is 0.919. The molecule has 0 amide bonds. The van der Waals surface area contributed by atoms with Crippen molar-refractivity contribution in [2.24, 2.45) is 0 Å². The average molecular weight is 198 g/mol. The van der Waals surface area contributed by atoms with Crippen molar-refractivity contribution in [1.29, 1.82) is 0 Å². The molecule has 0 saturated carbocycles. The summed E-state index contributed by atoms with van der Waals surface area (Å²) < 4.78 is 10.2. The van der Waals surface area contributed by atoms with Gasteiger partial charge in [-0.25, -0.2) is 0 Å². The van der Waals surface area contributed by atoms with E-state index in [4.69, 9.17) is 20.3 Å². The molecule has 1 rings (SSSR count). The normalized spacial score (nSPS) is 9.86. The number of aliphatic hydroxyl groups is 1. The monoisotopic (exact) mass is 198 g/mol. The molecule has 3 N–H and O–H groups in total. The van der Waals surface area contributed by atoms with E-state index in [-0.39, 0.29) is 6.61 Å². The van der Waals surface area contributed by atoms with E-state index >= 15 is 0 Å². The smallest absolute Gasteiger partial charge is 0.240 e. The zero-order valence-electron chi connectivity index (χ0n) is 8.06. The molecule has 78 valence electrons. The Balaban J connectivity index is 2.60. The van der Waals surface area contributed by atoms with Crippen molar-refractivity contribution in [2.75, 3.05) is 26.1 Å². The fraction of sp³-hybridized carbons (Fsp3) is 0.444. The second-order valence-corrected chi connectivity index (χ2v) is 2.67. The number of pyridine rings is 1. The summed E-state index contributed by atoms with van der Waals surface area (Å²) in [6.45, 7) is 0.530. The molecule has 0 saturated heterocycles. The average Bonchev–Trinajstić information content (AvgIpc) is 2.21.